The average Bonchev–Trinajstić information content (AvgIpc) is 2.70. The number of hydrogen-bond acceptors (Lipinski definition) is 5. The highest BCUT2D eigenvalue weighted by Crippen LogP contribution is 2.22. The molecule has 0 saturated carbocycles. The zero-order chi connectivity index (χ0) is 21.6. The Balaban J connectivity index is 1.96. The molecule has 0 radical (unpaired) electrons. The third-order valence-corrected chi connectivity index (χ3v) is 4.44. The number of carbonyl (C=O) groups excluding carboxylic acids is 3. The second-order valence-electron chi connectivity index (χ2n) is 7.72. The van der Waals surface area contributed by atoms with Crippen LogP contribution in [0.25, 0.3) is 6.08 Å². The minimum absolute atomic E-state index is 0.000487. The molecule has 0 aliphatic rings. The van der Waals surface area contributed by atoms with Crippen LogP contribution in [-0.2, 0) is 19.7 Å². The van der Waals surface area contributed by atoms with Crippen molar-refractivity contribution in [3.05, 3.63) is 76.9 Å². The van der Waals surface area contributed by atoms with Gasteiger partial charge in [0, 0.05) is 11.6 Å². The molecule has 0 aromatic heterocycles. The lowest BCUT2D eigenvalue weighted by Gasteiger charge is -2.19. The molecule has 5 heteroatoms. The van der Waals surface area contributed by atoms with Crippen molar-refractivity contribution >= 4 is 23.8 Å². The Kier molecular flexibility index (Phi) is 7.10. The van der Waals surface area contributed by atoms with Crippen molar-refractivity contribution < 1.29 is 23.9 Å². The van der Waals surface area contributed by atoms with Crippen molar-refractivity contribution in [2.75, 3.05) is 7.11 Å². The summed E-state index contributed by atoms with van der Waals surface area (Å²) in [4.78, 5) is 35.9. The van der Waals surface area contributed by atoms with Gasteiger partial charge in [0.25, 0.3) is 0 Å². The van der Waals surface area contributed by atoms with Crippen LogP contribution >= 0.6 is 0 Å². The predicted molar refractivity (Wildman–Crippen MR) is 112 cm³/mol. The zero-order valence-electron chi connectivity index (χ0n) is 17.4. The summed E-state index contributed by atoms with van der Waals surface area (Å²) in [7, 11) is 1.31. The van der Waals surface area contributed by atoms with Crippen LogP contribution in [0.4, 0.5) is 0 Å². The number of rotatable bonds is 6. The molecule has 0 aliphatic carbocycles. The molecule has 2 aromatic carbocycles. The van der Waals surface area contributed by atoms with Gasteiger partial charge in [-0.1, -0.05) is 57.2 Å². The highest BCUT2D eigenvalue weighted by Gasteiger charge is 2.20. The highest BCUT2D eigenvalue weighted by atomic mass is 16.5. The molecular weight excluding hydrogens is 368 g/mol. The van der Waals surface area contributed by atoms with Gasteiger partial charge in [0.2, 0.25) is 5.78 Å². The summed E-state index contributed by atoms with van der Waals surface area (Å²) in [6, 6.07) is 13.9. The van der Waals surface area contributed by atoms with Crippen LogP contribution in [0.1, 0.15) is 59.5 Å². The van der Waals surface area contributed by atoms with E-state index in [9.17, 15) is 14.4 Å². The largest absolute Gasteiger partial charge is 0.465 e. The Labute approximate surface area is 171 Å². The first-order valence-corrected chi connectivity index (χ1v) is 9.33. The lowest BCUT2D eigenvalue weighted by molar-refractivity contribution is -0.140. The Hall–Kier alpha value is -3.21. The van der Waals surface area contributed by atoms with Gasteiger partial charge in [-0.25, -0.2) is 9.59 Å². The molecule has 0 heterocycles. The van der Waals surface area contributed by atoms with Crippen LogP contribution in [0.3, 0.4) is 0 Å². The van der Waals surface area contributed by atoms with Crippen LogP contribution in [0.2, 0.25) is 0 Å². The third-order valence-electron chi connectivity index (χ3n) is 4.44. The van der Waals surface area contributed by atoms with Gasteiger partial charge in [-0.3, -0.25) is 4.79 Å². The summed E-state index contributed by atoms with van der Waals surface area (Å²) in [6.45, 7) is 7.85. The second-order valence-corrected chi connectivity index (χ2v) is 7.72. The molecule has 1 unspecified atom stereocenters. The van der Waals surface area contributed by atoms with Gasteiger partial charge in [0.15, 0.2) is 6.10 Å². The van der Waals surface area contributed by atoms with Gasteiger partial charge in [-0.15, -0.1) is 0 Å². The number of methoxy groups -OCH3 is 1. The number of benzene rings is 2. The van der Waals surface area contributed by atoms with Crippen LogP contribution in [0, 0.1) is 0 Å². The average molecular weight is 394 g/mol. The maximum absolute atomic E-state index is 12.5. The van der Waals surface area contributed by atoms with E-state index in [1.165, 1.54) is 13.2 Å². The molecular formula is C24H26O5. The molecule has 29 heavy (non-hydrogen) atoms. The Morgan fingerprint density at radius 1 is 0.897 bits per heavy atom. The van der Waals surface area contributed by atoms with Gasteiger partial charge in [-0.2, -0.15) is 0 Å². The topological polar surface area (TPSA) is 69.7 Å². The van der Waals surface area contributed by atoms with Gasteiger partial charge < -0.3 is 9.47 Å². The monoisotopic (exact) mass is 394 g/mol. The van der Waals surface area contributed by atoms with E-state index in [-0.39, 0.29) is 11.2 Å². The zero-order valence-corrected chi connectivity index (χ0v) is 17.4. The molecule has 1 atom stereocenters. The van der Waals surface area contributed by atoms with Crippen molar-refractivity contribution in [2.24, 2.45) is 0 Å². The van der Waals surface area contributed by atoms with E-state index in [0.29, 0.717) is 16.7 Å². The molecule has 0 bridgehead atoms. The lowest BCUT2D eigenvalue weighted by atomic mass is 9.86. The maximum atomic E-state index is 12.5. The number of Topliss-reactive ketones (excluding diaryl/α,β-unsaturated/α-hetero) is 1. The standard InChI is InChI=1S/C24H26O5/c1-16(22(26)18-11-13-20(14-12-18)24(2,3)4)29-21(25)15-8-17-6-9-19(10-7-17)23(27)28-5/h6-16H,1-5H3/b15-8+. The summed E-state index contributed by atoms with van der Waals surface area (Å²) in [5.74, 6) is -1.30. The van der Waals surface area contributed by atoms with Crippen molar-refractivity contribution in [2.45, 2.75) is 39.2 Å². The first-order valence-electron chi connectivity index (χ1n) is 9.33. The molecule has 0 N–H and O–H groups in total. The quantitative estimate of drug-likeness (QED) is 0.407. The first kappa shape index (κ1) is 22.1. The van der Waals surface area contributed by atoms with Gasteiger partial charge in [0.1, 0.15) is 0 Å². The van der Waals surface area contributed by atoms with E-state index in [1.54, 1.807) is 49.4 Å². The number of esters is 2. The molecule has 0 fully saturated rings. The first-order chi connectivity index (χ1) is 13.6. The lowest BCUT2D eigenvalue weighted by Crippen LogP contribution is -2.23. The van der Waals surface area contributed by atoms with E-state index < -0.39 is 18.0 Å². The van der Waals surface area contributed by atoms with Crippen LogP contribution < -0.4 is 0 Å². The van der Waals surface area contributed by atoms with E-state index in [0.717, 1.165) is 5.56 Å². The minimum atomic E-state index is -0.894. The normalized spacial score (nSPS) is 12.4. The Bertz CT molecular complexity index is 900. The van der Waals surface area contributed by atoms with Crippen molar-refractivity contribution in [3.63, 3.8) is 0 Å². The molecule has 2 aromatic rings. The summed E-state index contributed by atoms with van der Waals surface area (Å²) in [6.07, 6.45) is 1.91. The van der Waals surface area contributed by atoms with Crippen LogP contribution in [0.15, 0.2) is 54.6 Å². The van der Waals surface area contributed by atoms with Gasteiger partial charge in [-0.05, 0) is 41.7 Å². The molecule has 0 aliphatic heterocycles. The summed E-state index contributed by atoms with van der Waals surface area (Å²) in [5.41, 5.74) is 2.76. The fraction of sp³-hybridized carbons (Fsp3) is 0.292. The summed E-state index contributed by atoms with van der Waals surface area (Å²) >= 11 is 0. The maximum Gasteiger partial charge on any atom is 0.337 e. The van der Waals surface area contributed by atoms with E-state index in [4.69, 9.17) is 4.74 Å². The molecule has 0 amide bonds. The molecule has 5 nitrogen and oxygen atoms in total. The smallest absolute Gasteiger partial charge is 0.337 e. The third kappa shape index (κ3) is 6.14. The van der Waals surface area contributed by atoms with Crippen LogP contribution in [0.5, 0.6) is 0 Å². The van der Waals surface area contributed by atoms with Crippen molar-refractivity contribution in [3.8, 4) is 0 Å². The second kappa shape index (κ2) is 9.32. The number of hydrogen-bond donors (Lipinski definition) is 0. The van der Waals surface area contributed by atoms with Crippen molar-refractivity contribution in [1.29, 1.82) is 0 Å². The minimum Gasteiger partial charge on any atom is -0.465 e. The molecule has 0 saturated heterocycles. The summed E-state index contributed by atoms with van der Waals surface area (Å²) < 4.78 is 9.85. The van der Waals surface area contributed by atoms with Gasteiger partial charge >= 0.3 is 11.9 Å². The molecule has 152 valence electrons. The molecule has 0 spiro atoms. The number of ether oxygens (including phenoxy) is 2. The fourth-order valence-corrected chi connectivity index (χ4v) is 2.65. The molecule has 2 rings (SSSR count). The highest BCUT2D eigenvalue weighted by molar-refractivity contribution is 6.01. The van der Waals surface area contributed by atoms with Gasteiger partial charge in [0.05, 0.1) is 12.7 Å². The Morgan fingerprint density at radius 3 is 1.97 bits per heavy atom. The SMILES string of the molecule is COC(=O)c1ccc(/C=C/C(=O)OC(C)C(=O)c2ccc(C(C)(C)C)cc2)cc1. The van der Waals surface area contributed by atoms with Crippen molar-refractivity contribution in [1.82, 2.24) is 0 Å². The number of carbonyl (C=O) groups is 3. The van der Waals surface area contributed by atoms with E-state index in [1.807, 2.05) is 12.1 Å². The van der Waals surface area contributed by atoms with E-state index >= 15 is 0 Å². The van der Waals surface area contributed by atoms with E-state index in [2.05, 4.69) is 25.5 Å². The number of ketones is 1. The fourth-order valence-electron chi connectivity index (χ4n) is 2.65. The van der Waals surface area contributed by atoms with Crippen LogP contribution in [-0.4, -0.2) is 30.9 Å². The predicted octanol–water partition coefficient (Wildman–Crippen LogP) is 4.60. The summed E-state index contributed by atoms with van der Waals surface area (Å²) in [5, 5.41) is 0. The Morgan fingerprint density at radius 2 is 1.45 bits per heavy atom.